The van der Waals surface area contributed by atoms with Crippen LogP contribution in [0.15, 0.2) is 18.2 Å². The molecule has 0 radical (unpaired) electrons. The van der Waals surface area contributed by atoms with Crippen molar-refractivity contribution in [3.8, 4) is 11.5 Å². The Morgan fingerprint density at radius 2 is 1.95 bits per heavy atom. The lowest BCUT2D eigenvalue weighted by atomic mass is 10.0. The Labute approximate surface area is 127 Å². The molecule has 0 saturated carbocycles. The zero-order chi connectivity index (χ0) is 14.7. The molecule has 116 valence electrons. The summed E-state index contributed by atoms with van der Waals surface area (Å²) in [6.07, 6.45) is 2.49. The van der Waals surface area contributed by atoms with E-state index in [-0.39, 0.29) is 0 Å². The first kappa shape index (κ1) is 14.7. The molecule has 2 heterocycles. The predicted octanol–water partition coefficient (Wildman–Crippen LogP) is 2.63. The van der Waals surface area contributed by atoms with Crippen LogP contribution in [-0.4, -0.2) is 37.4 Å². The maximum absolute atomic E-state index is 5.43. The maximum atomic E-state index is 5.43. The van der Waals surface area contributed by atoms with Crippen LogP contribution >= 0.6 is 0 Å². The third-order valence-electron chi connectivity index (χ3n) is 4.24. The summed E-state index contributed by atoms with van der Waals surface area (Å²) >= 11 is 0. The molecule has 1 aromatic carbocycles. The summed E-state index contributed by atoms with van der Waals surface area (Å²) in [5.74, 6) is 2.50. The van der Waals surface area contributed by atoms with Crippen molar-refractivity contribution in [2.24, 2.45) is 5.92 Å². The van der Waals surface area contributed by atoms with Gasteiger partial charge in [-0.1, -0.05) is 19.9 Å². The van der Waals surface area contributed by atoms with Crippen LogP contribution in [0.3, 0.4) is 0 Å². The molecule has 4 heteroatoms. The highest BCUT2D eigenvalue weighted by molar-refractivity contribution is 5.44. The second-order valence-corrected chi connectivity index (χ2v) is 6.54. The summed E-state index contributed by atoms with van der Waals surface area (Å²) in [6, 6.07) is 6.85. The summed E-state index contributed by atoms with van der Waals surface area (Å²) in [5.41, 5.74) is 1.27. The van der Waals surface area contributed by atoms with Crippen molar-refractivity contribution in [3.05, 3.63) is 23.8 Å². The zero-order valence-corrected chi connectivity index (χ0v) is 13.1. The lowest BCUT2D eigenvalue weighted by Gasteiger charge is -2.33. The highest BCUT2D eigenvalue weighted by Crippen LogP contribution is 2.32. The van der Waals surface area contributed by atoms with Crippen LogP contribution in [0.5, 0.6) is 11.5 Å². The topological polar surface area (TPSA) is 33.7 Å². The van der Waals surface area contributed by atoms with Crippen LogP contribution in [0, 0.1) is 5.92 Å². The zero-order valence-electron chi connectivity index (χ0n) is 13.1. The van der Waals surface area contributed by atoms with Crippen molar-refractivity contribution < 1.29 is 9.47 Å². The van der Waals surface area contributed by atoms with E-state index in [1.807, 2.05) is 6.07 Å². The standard InChI is InChI=1S/C17H26N2O2/c1-13(2)11-19-7-5-15(6-8-19)18-10-14-3-4-16-17(9-14)21-12-20-16/h3-4,9,13,15,18H,5-8,10-12H2,1-2H3. The Bertz CT molecular complexity index is 468. The number of rotatable bonds is 5. The molecule has 1 saturated heterocycles. The van der Waals surface area contributed by atoms with Gasteiger partial charge in [0.05, 0.1) is 0 Å². The van der Waals surface area contributed by atoms with Crippen molar-refractivity contribution in [2.75, 3.05) is 26.4 Å². The lowest BCUT2D eigenvalue weighted by molar-refractivity contribution is 0.174. The molecule has 2 aliphatic rings. The minimum Gasteiger partial charge on any atom is -0.454 e. The number of hydrogen-bond acceptors (Lipinski definition) is 4. The number of fused-ring (bicyclic) bond motifs is 1. The van der Waals surface area contributed by atoms with E-state index in [2.05, 4.69) is 36.2 Å². The van der Waals surface area contributed by atoms with Crippen LogP contribution < -0.4 is 14.8 Å². The van der Waals surface area contributed by atoms with Gasteiger partial charge in [-0.15, -0.1) is 0 Å². The number of ether oxygens (including phenoxy) is 2. The van der Waals surface area contributed by atoms with Gasteiger partial charge in [-0.2, -0.15) is 0 Å². The monoisotopic (exact) mass is 290 g/mol. The van der Waals surface area contributed by atoms with E-state index in [4.69, 9.17) is 9.47 Å². The minimum atomic E-state index is 0.348. The van der Waals surface area contributed by atoms with E-state index in [9.17, 15) is 0 Å². The van der Waals surface area contributed by atoms with Gasteiger partial charge in [-0.05, 0) is 49.5 Å². The summed E-state index contributed by atoms with van der Waals surface area (Å²) in [7, 11) is 0. The minimum absolute atomic E-state index is 0.348. The lowest BCUT2D eigenvalue weighted by Crippen LogP contribution is -2.43. The number of likely N-dealkylation sites (tertiary alicyclic amines) is 1. The molecular weight excluding hydrogens is 264 g/mol. The average molecular weight is 290 g/mol. The number of nitrogens with zero attached hydrogens (tertiary/aromatic N) is 1. The predicted molar refractivity (Wildman–Crippen MR) is 83.7 cm³/mol. The number of nitrogens with one attached hydrogen (secondary N) is 1. The molecule has 0 spiro atoms. The molecule has 21 heavy (non-hydrogen) atoms. The summed E-state index contributed by atoms with van der Waals surface area (Å²) < 4.78 is 10.8. The van der Waals surface area contributed by atoms with Crippen molar-refractivity contribution >= 4 is 0 Å². The van der Waals surface area contributed by atoms with E-state index in [0.717, 1.165) is 24.0 Å². The summed E-state index contributed by atoms with van der Waals surface area (Å²) in [6.45, 7) is 9.52. The smallest absolute Gasteiger partial charge is 0.231 e. The van der Waals surface area contributed by atoms with E-state index in [1.165, 1.54) is 38.0 Å². The van der Waals surface area contributed by atoms with Gasteiger partial charge in [0.2, 0.25) is 6.79 Å². The Kier molecular flexibility index (Phi) is 4.66. The molecule has 0 amide bonds. The van der Waals surface area contributed by atoms with Gasteiger partial charge in [0.15, 0.2) is 11.5 Å². The summed E-state index contributed by atoms with van der Waals surface area (Å²) in [5, 5.41) is 3.68. The molecule has 0 aliphatic carbocycles. The van der Waals surface area contributed by atoms with Crippen molar-refractivity contribution in [2.45, 2.75) is 39.3 Å². The van der Waals surface area contributed by atoms with E-state index in [1.54, 1.807) is 0 Å². The van der Waals surface area contributed by atoms with Gasteiger partial charge in [0.25, 0.3) is 0 Å². The fraction of sp³-hybridized carbons (Fsp3) is 0.647. The highest BCUT2D eigenvalue weighted by Gasteiger charge is 2.19. The number of piperidine rings is 1. The van der Waals surface area contributed by atoms with Gasteiger partial charge >= 0.3 is 0 Å². The van der Waals surface area contributed by atoms with Crippen molar-refractivity contribution in [1.29, 1.82) is 0 Å². The third-order valence-corrected chi connectivity index (χ3v) is 4.24. The normalized spacial score (nSPS) is 19.4. The largest absolute Gasteiger partial charge is 0.454 e. The van der Waals surface area contributed by atoms with Gasteiger partial charge in [-0.25, -0.2) is 0 Å². The molecule has 0 unspecified atom stereocenters. The van der Waals surface area contributed by atoms with Gasteiger partial charge in [0, 0.05) is 19.1 Å². The molecule has 2 aliphatic heterocycles. The fourth-order valence-electron chi connectivity index (χ4n) is 3.15. The first-order valence-corrected chi connectivity index (χ1v) is 8.05. The van der Waals surface area contributed by atoms with Crippen molar-refractivity contribution in [1.82, 2.24) is 10.2 Å². The van der Waals surface area contributed by atoms with Crippen LogP contribution in [0.4, 0.5) is 0 Å². The Morgan fingerprint density at radius 1 is 1.19 bits per heavy atom. The van der Waals surface area contributed by atoms with Crippen LogP contribution in [0.2, 0.25) is 0 Å². The quantitative estimate of drug-likeness (QED) is 0.904. The van der Waals surface area contributed by atoms with Gasteiger partial charge in [-0.3, -0.25) is 0 Å². The first-order valence-electron chi connectivity index (χ1n) is 8.05. The molecule has 0 atom stereocenters. The van der Waals surface area contributed by atoms with Crippen molar-refractivity contribution in [3.63, 3.8) is 0 Å². The molecule has 0 aromatic heterocycles. The van der Waals surface area contributed by atoms with E-state index >= 15 is 0 Å². The highest BCUT2D eigenvalue weighted by atomic mass is 16.7. The van der Waals surface area contributed by atoms with Crippen LogP contribution in [0.25, 0.3) is 0 Å². The Morgan fingerprint density at radius 3 is 2.71 bits per heavy atom. The molecule has 1 aromatic rings. The third kappa shape index (κ3) is 3.89. The summed E-state index contributed by atoms with van der Waals surface area (Å²) in [4.78, 5) is 2.59. The van der Waals surface area contributed by atoms with Crippen LogP contribution in [-0.2, 0) is 6.54 Å². The number of benzene rings is 1. The van der Waals surface area contributed by atoms with E-state index < -0.39 is 0 Å². The molecular formula is C17H26N2O2. The molecule has 4 nitrogen and oxygen atoms in total. The average Bonchev–Trinajstić information content (AvgIpc) is 2.93. The fourth-order valence-corrected chi connectivity index (χ4v) is 3.15. The Balaban J connectivity index is 1.44. The van der Waals surface area contributed by atoms with Gasteiger partial charge in [0.1, 0.15) is 0 Å². The van der Waals surface area contributed by atoms with E-state index in [0.29, 0.717) is 12.8 Å². The molecule has 0 bridgehead atoms. The first-order chi connectivity index (χ1) is 10.2. The maximum Gasteiger partial charge on any atom is 0.231 e. The van der Waals surface area contributed by atoms with Crippen LogP contribution in [0.1, 0.15) is 32.3 Å². The second-order valence-electron chi connectivity index (χ2n) is 6.54. The van der Waals surface area contributed by atoms with Gasteiger partial charge < -0.3 is 19.7 Å². The SMILES string of the molecule is CC(C)CN1CCC(NCc2ccc3c(c2)OCO3)CC1. The second kappa shape index (κ2) is 6.67. The number of hydrogen-bond donors (Lipinski definition) is 1. The Hall–Kier alpha value is -1.26. The molecule has 3 rings (SSSR count). The molecule has 1 fully saturated rings. The molecule has 1 N–H and O–H groups in total.